The lowest BCUT2D eigenvalue weighted by Gasteiger charge is -2.32. The minimum Gasteiger partial charge on any atom is -0.465 e. The van der Waals surface area contributed by atoms with Crippen LogP contribution in [0.25, 0.3) is 10.4 Å². The van der Waals surface area contributed by atoms with E-state index in [1.807, 2.05) is 0 Å². The predicted octanol–water partition coefficient (Wildman–Crippen LogP) is 0.376. The molecule has 0 aromatic heterocycles. The Balaban J connectivity index is 2.62. The molecule has 1 fully saturated rings. The Bertz CT molecular complexity index is 249. The van der Waals surface area contributed by atoms with Crippen LogP contribution in [0.5, 0.6) is 0 Å². The number of piperidine rings is 1. The molecule has 0 saturated carbocycles. The largest absolute Gasteiger partial charge is 0.465 e. The monoisotopic (exact) mass is 185 g/mol. The lowest BCUT2D eigenvalue weighted by molar-refractivity contribution is 0.126. The maximum absolute atomic E-state index is 10.6. The molecule has 1 rings (SSSR count). The molecule has 0 aromatic carbocycles. The van der Waals surface area contributed by atoms with Crippen molar-refractivity contribution >= 4 is 6.09 Å². The molecule has 1 heterocycles. The summed E-state index contributed by atoms with van der Waals surface area (Å²) < 4.78 is 0. The molecule has 1 amide bonds. The first-order chi connectivity index (χ1) is 6.15. The topological polar surface area (TPSA) is 115 Å². The molecular formula is C6H11N5O2. The van der Waals surface area contributed by atoms with Crippen LogP contribution in [0.3, 0.4) is 0 Å². The van der Waals surface area contributed by atoms with Gasteiger partial charge in [0.15, 0.2) is 0 Å². The highest BCUT2D eigenvalue weighted by Gasteiger charge is 2.28. The summed E-state index contributed by atoms with van der Waals surface area (Å²) in [7, 11) is 0. The lowest BCUT2D eigenvalue weighted by Crippen LogP contribution is -2.51. The Labute approximate surface area is 74.7 Å². The van der Waals surface area contributed by atoms with Crippen molar-refractivity contribution in [2.24, 2.45) is 10.8 Å². The van der Waals surface area contributed by atoms with Crippen molar-refractivity contribution in [2.75, 3.05) is 13.1 Å². The zero-order valence-electron chi connectivity index (χ0n) is 7.00. The van der Waals surface area contributed by atoms with Gasteiger partial charge < -0.3 is 15.7 Å². The third kappa shape index (κ3) is 2.24. The molecule has 0 spiro atoms. The van der Waals surface area contributed by atoms with E-state index in [1.165, 1.54) is 4.90 Å². The SMILES string of the molecule is [N-]=[N+]=N[C@@H]1CN(C(=O)O)CC[C@@H]1N. The van der Waals surface area contributed by atoms with Crippen LogP contribution in [-0.4, -0.2) is 41.3 Å². The summed E-state index contributed by atoms with van der Waals surface area (Å²) in [4.78, 5) is 14.4. The zero-order valence-corrected chi connectivity index (χ0v) is 7.00. The molecule has 7 nitrogen and oxygen atoms in total. The summed E-state index contributed by atoms with van der Waals surface area (Å²) in [6.45, 7) is 0.606. The van der Waals surface area contributed by atoms with Crippen LogP contribution >= 0.6 is 0 Å². The van der Waals surface area contributed by atoms with Crippen LogP contribution in [0.4, 0.5) is 4.79 Å². The first-order valence-electron chi connectivity index (χ1n) is 3.93. The van der Waals surface area contributed by atoms with Gasteiger partial charge in [0.1, 0.15) is 0 Å². The third-order valence-electron chi connectivity index (χ3n) is 2.10. The number of nitrogens with zero attached hydrogens (tertiary/aromatic N) is 4. The predicted molar refractivity (Wildman–Crippen MR) is 45.1 cm³/mol. The number of rotatable bonds is 1. The summed E-state index contributed by atoms with van der Waals surface area (Å²) in [5.74, 6) is 0. The van der Waals surface area contributed by atoms with E-state index in [-0.39, 0.29) is 12.6 Å². The van der Waals surface area contributed by atoms with Crippen molar-refractivity contribution in [1.82, 2.24) is 4.90 Å². The number of nitrogens with two attached hydrogens (primary N) is 1. The van der Waals surface area contributed by atoms with Gasteiger partial charge in [-0.05, 0) is 12.0 Å². The molecule has 0 unspecified atom stereocenters. The lowest BCUT2D eigenvalue weighted by atomic mass is 10.0. The van der Waals surface area contributed by atoms with Crippen LogP contribution in [0.1, 0.15) is 6.42 Å². The van der Waals surface area contributed by atoms with Gasteiger partial charge in [-0.3, -0.25) is 0 Å². The second-order valence-corrected chi connectivity index (χ2v) is 2.95. The van der Waals surface area contributed by atoms with Crippen molar-refractivity contribution in [3.05, 3.63) is 10.4 Å². The number of amides is 1. The number of hydrogen-bond donors (Lipinski definition) is 2. The highest BCUT2D eigenvalue weighted by atomic mass is 16.4. The van der Waals surface area contributed by atoms with Crippen LogP contribution in [0, 0.1) is 0 Å². The van der Waals surface area contributed by atoms with Gasteiger partial charge in [-0.1, -0.05) is 5.11 Å². The van der Waals surface area contributed by atoms with Gasteiger partial charge in [-0.2, -0.15) is 0 Å². The van der Waals surface area contributed by atoms with E-state index in [4.69, 9.17) is 16.4 Å². The van der Waals surface area contributed by atoms with Crippen molar-refractivity contribution in [3.63, 3.8) is 0 Å². The van der Waals surface area contributed by atoms with Crippen LogP contribution < -0.4 is 5.73 Å². The summed E-state index contributed by atoms with van der Waals surface area (Å²) in [5, 5.41) is 12.1. The second-order valence-electron chi connectivity index (χ2n) is 2.95. The second kappa shape index (κ2) is 3.97. The average Bonchev–Trinajstić information content (AvgIpc) is 2.08. The molecule has 72 valence electrons. The third-order valence-corrected chi connectivity index (χ3v) is 2.10. The van der Waals surface area contributed by atoms with E-state index in [9.17, 15) is 4.79 Å². The quantitative estimate of drug-likeness (QED) is 0.349. The molecule has 0 aromatic rings. The van der Waals surface area contributed by atoms with E-state index < -0.39 is 12.1 Å². The molecule has 7 heteroatoms. The molecule has 1 aliphatic heterocycles. The van der Waals surface area contributed by atoms with Crippen molar-refractivity contribution in [2.45, 2.75) is 18.5 Å². The maximum Gasteiger partial charge on any atom is 0.407 e. The Kier molecular flexibility index (Phi) is 2.94. The van der Waals surface area contributed by atoms with Gasteiger partial charge in [0.25, 0.3) is 0 Å². The van der Waals surface area contributed by atoms with Gasteiger partial charge in [0, 0.05) is 24.0 Å². The van der Waals surface area contributed by atoms with Gasteiger partial charge in [0.05, 0.1) is 6.04 Å². The maximum atomic E-state index is 10.6. The first kappa shape index (κ1) is 9.63. The highest BCUT2D eigenvalue weighted by molar-refractivity contribution is 5.65. The summed E-state index contributed by atoms with van der Waals surface area (Å²) in [5.41, 5.74) is 13.8. The molecule has 13 heavy (non-hydrogen) atoms. The smallest absolute Gasteiger partial charge is 0.407 e. The van der Waals surface area contributed by atoms with Crippen LogP contribution in [0.2, 0.25) is 0 Å². The Hall–Kier alpha value is -1.46. The summed E-state index contributed by atoms with van der Waals surface area (Å²) in [6, 6.07) is -0.665. The number of hydrogen-bond acceptors (Lipinski definition) is 3. The fourth-order valence-corrected chi connectivity index (χ4v) is 1.31. The normalized spacial score (nSPS) is 27.9. The summed E-state index contributed by atoms with van der Waals surface area (Å²) >= 11 is 0. The molecule has 2 atom stereocenters. The minimum atomic E-state index is -0.995. The van der Waals surface area contributed by atoms with E-state index >= 15 is 0 Å². The Morgan fingerprint density at radius 1 is 1.77 bits per heavy atom. The molecule has 0 bridgehead atoms. The van der Waals surface area contributed by atoms with E-state index in [0.29, 0.717) is 13.0 Å². The summed E-state index contributed by atoms with van der Waals surface area (Å²) in [6.07, 6.45) is -0.458. The van der Waals surface area contributed by atoms with Crippen molar-refractivity contribution in [1.29, 1.82) is 0 Å². The van der Waals surface area contributed by atoms with E-state index in [2.05, 4.69) is 10.0 Å². The highest BCUT2D eigenvalue weighted by Crippen LogP contribution is 2.12. The number of likely N-dealkylation sites (tertiary alicyclic amines) is 1. The molecule has 3 N–H and O–H groups in total. The molecule has 0 aliphatic carbocycles. The number of carbonyl (C=O) groups is 1. The molecule has 0 radical (unpaired) electrons. The standard InChI is InChI=1S/C6H11N5O2/c7-4-1-2-11(6(12)13)3-5(4)9-10-8/h4-5H,1-3,7H2,(H,12,13)/t4-,5+/m0/s1. The number of azide groups is 1. The van der Waals surface area contributed by atoms with Gasteiger partial charge >= 0.3 is 6.09 Å². The average molecular weight is 185 g/mol. The van der Waals surface area contributed by atoms with E-state index in [1.54, 1.807) is 0 Å². The fourth-order valence-electron chi connectivity index (χ4n) is 1.31. The van der Waals surface area contributed by atoms with Gasteiger partial charge in [0.2, 0.25) is 0 Å². The zero-order chi connectivity index (χ0) is 9.84. The molecule has 1 aliphatic rings. The minimum absolute atomic E-state index is 0.195. The van der Waals surface area contributed by atoms with Gasteiger partial charge in [-0.15, -0.1) is 0 Å². The Morgan fingerprint density at radius 2 is 2.46 bits per heavy atom. The number of carboxylic acid groups (broad SMARTS) is 1. The molecule has 1 saturated heterocycles. The van der Waals surface area contributed by atoms with Crippen molar-refractivity contribution in [3.8, 4) is 0 Å². The Morgan fingerprint density at radius 3 is 3.00 bits per heavy atom. The van der Waals surface area contributed by atoms with Crippen molar-refractivity contribution < 1.29 is 9.90 Å². The first-order valence-corrected chi connectivity index (χ1v) is 3.93. The molecular weight excluding hydrogens is 174 g/mol. The van der Waals surface area contributed by atoms with Crippen LogP contribution in [0.15, 0.2) is 5.11 Å². The van der Waals surface area contributed by atoms with E-state index in [0.717, 1.165) is 0 Å². The van der Waals surface area contributed by atoms with Gasteiger partial charge in [-0.25, -0.2) is 4.79 Å². The van der Waals surface area contributed by atoms with Crippen LogP contribution in [-0.2, 0) is 0 Å². The fraction of sp³-hybridized carbons (Fsp3) is 0.833.